The van der Waals surface area contributed by atoms with Crippen molar-refractivity contribution in [1.82, 2.24) is 3.36 Å². The van der Waals surface area contributed by atoms with E-state index < -0.39 is 0 Å². The number of thiol groups is 1. The van der Waals surface area contributed by atoms with Gasteiger partial charge in [-0.15, -0.1) is 0 Å². The molecule has 0 amide bonds. The molecule has 0 aliphatic carbocycles. The highest BCUT2D eigenvalue weighted by molar-refractivity contribution is 7.80. The molecule has 0 radical (unpaired) electrons. The average Bonchev–Trinajstić information content (AvgIpc) is 1.91. The quantitative estimate of drug-likeness (QED) is 0.514. The summed E-state index contributed by atoms with van der Waals surface area (Å²) in [7, 11) is 0. The lowest BCUT2D eigenvalue weighted by Crippen LogP contribution is -2.00. The van der Waals surface area contributed by atoms with E-state index >= 15 is 0 Å². The minimum atomic E-state index is -0.0617. The van der Waals surface area contributed by atoms with E-state index in [2.05, 4.69) is 12.8 Å². The van der Waals surface area contributed by atoms with Crippen molar-refractivity contribution < 1.29 is 0 Å². The molecule has 1 heterocycles. The van der Waals surface area contributed by atoms with Crippen LogP contribution < -0.4 is 5.56 Å². The third-order valence-corrected chi connectivity index (χ3v) is 1.68. The van der Waals surface area contributed by atoms with Crippen molar-refractivity contribution in [3.05, 3.63) is 21.8 Å². The Morgan fingerprint density at radius 2 is 2.57 bits per heavy atom. The Balaban J connectivity index is 3.39. The lowest BCUT2D eigenvalue weighted by molar-refractivity contribution is 1.35. The molecule has 7 heavy (non-hydrogen) atoms. The average molecular weight is 133 g/mol. The van der Waals surface area contributed by atoms with E-state index in [1.54, 1.807) is 5.38 Å². The zero-order valence-electron chi connectivity index (χ0n) is 3.37. The summed E-state index contributed by atoms with van der Waals surface area (Å²) in [6.45, 7) is 0. The molecule has 38 valence electrons. The predicted molar refractivity (Wildman–Crippen MR) is 33.0 cm³/mol. The molecule has 4 heteroatoms. The standard InChI is InChI=1S/C3H3NOS2/c5-3-1-2-7-4(3)6/h1-2,6H. The van der Waals surface area contributed by atoms with Crippen molar-refractivity contribution in [3.63, 3.8) is 0 Å². The van der Waals surface area contributed by atoms with Gasteiger partial charge in [-0.1, -0.05) is 11.5 Å². The SMILES string of the molecule is O=c1ccsn1S. The van der Waals surface area contributed by atoms with Crippen molar-refractivity contribution in [2.24, 2.45) is 0 Å². The molecule has 0 bridgehead atoms. The third-order valence-electron chi connectivity index (χ3n) is 0.560. The zero-order chi connectivity index (χ0) is 5.28. The minimum absolute atomic E-state index is 0.0617. The molecular formula is C3H3NOS2. The van der Waals surface area contributed by atoms with Gasteiger partial charge in [0.2, 0.25) is 0 Å². The summed E-state index contributed by atoms with van der Waals surface area (Å²) in [6.07, 6.45) is 0. The lowest BCUT2D eigenvalue weighted by atomic mass is 10.8. The number of nitrogens with zero attached hydrogens (tertiary/aromatic N) is 1. The van der Waals surface area contributed by atoms with Gasteiger partial charge in [0, 0.05) is 11.4 Å². The van der Waals surface area contributed by atoms with Crippen LogP contribution in [0.3, 0.4) is 0 Å². The molecule has 0 spiro atoms. The Bertz CT molecular complexity index is 201. The molecule has 0 atom stereocenters. The van der Waals surface area contributed by atoms with Gasteiger partial charge >= 0.3 is 0 Å². The summed E-state index contributed by atoms with van der Waals surface area (Å²) >= 11 is 5.04. The van der Waals surface area contributed by atoms with Gasteiger partial charge in [0.05, 0.1) is 0 Å². The van der Waals surface area contributed by atoms with Gasteiger partial charge in [0.25, 0.3) is 5.56 Å². The van der Waals surface area contributed by atoms with Crippen LogP contribution >= 0.6 is 24.3 Å². The maximum Gasteiger partial charge on any atom is 0.270 e. The van der Waals surface area contributed by atoms with E-state index in [-0.39, 0.29) is 5.56 Å². The van der Waals surface area contributed by atoms with Crippen LogP contribution in [0.2, 0.25) is 0 Å². The van der Waals surface area contributed by atoms with Gasteiger partial charge in [-0.2, -0.15) is 0 Å². The van der Waals surface area contributed by atoms with Crippen molar-refractivity contribution in [2.75, 3.05) is 0 Å². The Labute approximate surface area is 50.1 Å². The Morgan fingerprint density at radius 1 is 1.86 bits per heavy atom. The molecule has 0 N–H and O–H groups in total. The highest BCUT2D eigenvalue weighted by atomic mass is 32.2. The second-order valence-corrected chi connectivity index (χ2v) is 2.54. The fourth-order valence-corrected chi connectivity index (χ4v) is 0.949. The van der Waals surface area contributed by atoms with Gasteiger partial charge in [-0.3, -0.25) is 4.79 Å². The second-order valence-electron chi connectivity index (χ2n) is 1.02. The van der Waals surface area contributed by atoms with Crippen molar-refractivity contribution in [1.29, 1.82) is 0 Å². The first kappa shape index (κ1) is 4.93. The zero-order valence-corrected chi connectivity index (χ0v) is 5.08. The van der Waals surface area contributed by atoms with Gasteiger partial charge in [0.1, 0.15) is 0 Å². The van der Waals surface area contributed by atoms with Gasteiger partial charge in [-0.25, -0.2) is 3.36 Å². The van der Waals surface area contributed by atoms with Crippen LogP contribution in [0.25, 0.3) is 0 Å². The van der Waals surface area contributed by atoms with E-state index in [1.807, 2.05) is 0 Å². The van der Waals surface area contributed by atoms with Gasteiger partial charge in [-0.05, 0) is 12.8 Å². The molecule has 0 aromatic carbocycles. The summed E-state index contributed by atoms with van der Waals surface area (Å²) in [5, 5.41) is 1.69. The minimum Gasteiger partial charge on any atom is -0.268 e. The predicted octanol–water partition coefficient (Wildman–Crippen LogP) is 0.603. The summed E-state index contributed by atoms with van der Waals surface area (Å²) < 4.78 is 1.26. The smallest absolute Gasteiger partial charge is 0.268 e. The largest absolute Gasteiger partial charge is 0.270 e. The van der Waals surface area contributed by atoms with Crippen LogP contribution in [0, 0.1) is 0 Å². The van der Waals surface area contributed by atoms with E-state index in [0.717, 1.165) is 0 Å². The van der Waals surface area contributed by atoms with Crippen LogP contribution in [-0.2, 0) is 0 Å². The summed E-state index contributed by atoms with van der Waals surface area (Å²) in [4.78, 5) is 10.3. The third kappa shape index (κ3) is 0.863. The Hall–Kier alpha value is -0.220. The van der Waals surface area contributed by atoms with Crippen LogP contribution in [-0.4, -0.2) is 3.36 Å². The first-order chi connectivity index (χ1) is 3.30. The summed E-state index contributed by atoms with van der Waals surface area (Å²) in [5.74, 6) is 0. The van der Waals surface area contributed by atoms with Crippen molar-refractivity contribution in [2.45, 2.75) is 0 Å². The van der Waals surface area contributed by atoms with E-state index in [9.17, 15) is 4.79 Å². The number of aromatic nitrogens is 1. The second kappa shape index (κ2) is 1.71. The van der Waals surface area contributed by atoms with Crippen LogP contribution in [0.15, 0.2) is 16.2 Å². The van der Waals surface area contributed by atoms with Crippen LogP contribution in [0.1, 0.15) is 0 Å². The van der Waals surface area contributed by atoms with Crippen LogP contribution in [0.4, 0.5) is 0 Å². The van der Waals surface area contributed by atoms with Crippen molar-refractivity contribution in [3.8, 4) is 0 Å². The maximum atomic E-state index is 10.3. The molecule has 0 unspecified atom stereocenters. The molecule has 0 saturated heterocycles. The van der Waals surface area contributed by atoms with E-state index in [4.69, 9.17) is 0 Å². The van der Waals surface area contributed by atoms with Gasteiger partial charge in [0.15, 0.2) is 0 Å². The highest BCUT2D eigenvalue weighted by Crippen LogP contribution is 1.91. The number of hydrogen-bond acceptors (Lipinski definition) is 3. The molecule has 0 saturated carbocycles. The van der Waals surface area contributed by atoms with Crippen LogP contribution in [0.5, 0.6) is 0 Å². The maximum absolute atomic E-state index is 10.3. The normalized spacial score (nSPS) is 9.29. The molecular weight excluding hydrogens is 130 g/mol. The molecule has 1 aromatic rings. The first-order valence-electron chi connectivity index (χ1n) is 1.67. The number of rotatable bonds is 0. The Kier molecular flexibility index (Phi) is 1.21. The Morgan fingerprint density at radius 3 is 2.71 bits per heavy atom. The topological polar surface area (TPSA) is 22.0 Å². The molecule has 0 fully saturated rings. The monoisotopic (exact) mass is 133 g/mol. The van der Waals surface area contributed by atoms with E-state index in [1.165, 1.54) is 21.0 Å². The molecule has 0 aliphatic rings. The first-order valence-corrected chi connectivity index (χ1v) is 2.90. The van der Waals surface area contributed by atoms with E-state index in [0.29, 0.717) is 0 Å². The van der Waals surface area contributed by atoms with Gasteiger partial charge < -0.3 is 0 Å². The summed E-state index contributed by atoms with van der Waals surface area (Å²) in [6, 6.07) is 1.47. The number of hydrogen-bond donors (Lipinski definition) is 1. The summed E-state index contributed by atoms with van der Waals surface area (Å²) in [5.41, 5.74) is -0.0617. The highest BCUT2D eigenvalue weighted by Gasteiger charge is 1.84. The lowest BCUT2D eigenvalue weighted by Gasteiger charge is -1.74. The van der Waals surface area contributed by atoms with Crippen molar-refractivity contribution >= 4 is 24.3 Å². The molecule has 1 aromatic heterocycles. The fourth-order valence-electron chi connectivity index (χ4n) is 0.262. The molecule has 2 nitrogen and oxygen atoms in total. The fraction of sp³-hybridized carbons (Fsp3) is 0. The molecule has 0 aliphatic heterocycles. The molecule has 1 rings (SSSR count).